The molecule has 0 amide bonds. The normalized spacial score (nSPS) is 10.1. The van der Waals surface area contributed by atoms with Crippen LogP contribution in [-0.4, -0.2) is 11.1 Å². The summed E-state index contributed by atoms with van der Waals surface area (Å²) in [4.78, 5) is 26.9. The van der Waals surface area contributed by atoms with Gasteiger partial charge in [-0.05, 0) is 24.6 Å². The quantitative estimate of drug-likeness (QED) is 0.545. The average molecular weight is 190 g/mol. The number of hydrogen-bond acceptors (Lipinski definition) is 4. The topological polar surface area (TPSA) is 75.4 Å². The van der Waals surface area contributed by atoms with E-state index in [-0.39, 0.29) is 5.58 Å². The third-order valence-corrected chi connectivity index (χ3v) is 1.81. The molecule has 0 saturated carbocycles. The second-order valence-electron chi connectivity index (χ2n) is 2.88. The minimum absolute atomic E-state index is 0.281. The van der Waals surface area contributed by atoms with E-state index in [4.69, 9.17) is 4.42 Å². The first-order valence-corrected chi connectivity index (χ1v) is 3.92. The van der Waals surface area contributed by atoms with E-state index in [1.807, 2.05) is 6.92 Å². The Hall–Kier alpha value is -2.13. The maximum absolute atomic E-state index is 10.9. The molecule has 0 aliphatic heterocycles. The van der Waals surface area contributed by atoms with Crippen LogP contribution in [0.25, 0.3) is 11.1 Å². The Morgan fingerprint density at radius 3 is 3.00 bits per heavy atom. The molecule has 0 bridgehead atoms. The van der Waals surface area contributed by atoms with Gasteiger partial charge in [0.05, 0.1) is 5.52 Å². The van der Waals surface area contributed by atoms with Crippen molar-refractivity contribution >= 4 is 22.9 Å². The molecule has 70 valence electrons. The van der Waals surface area contributed by atoms with E-state index >= 15 is 0 Å². The van der Waals surface area contributed by atoms with Crippen molar-refractivity contribution < 1.29 is 9.21 Å². The Labute approximate surface area is 78.1 Å². The Morgan fingerprint density at radius 1 is 1.50 bits per heavy atom. The lowest BCUT2D eigenvalue weighted by molar-refractivity contribution is 0.554. The van der Waals surface area contributed by atoms with E-state index in [9.17, 15) is 9.59 Å². The third-order valence-electron chi connectivity index (χ3n) is 1.81. The first-order chi connectivity index (χ1) is 6.70. The molecule has 0 aliphatic carbocycles. The summed E-state index contributed by atoms with van der Waals surface area (Å²) in [5, 5.41) is 0. The number of aryl methyl sites for hydroxylation is 1. The summed E-state index contributed by atoms with van der Waals surface area (Å²) in [5.41, 5.74) is 2.00. The van der Waals surface area contributed by atoms with Gasteiger partial charge < -0.3 is 4.42 Å². The fraction of sp³-hybridized carbons (Fsp3) is 0.111. The van der Waals surface area contributed by atoms with Gasteiger partial charge in [-0.25, -0.2) is 9.59 Å². The molecular formula is C9H6N2O3. The molecule has 0 radical (unpaired) electrons. The van der Waals surface area contributed by atoms with Gasteiger partial charge in [0.25, 0.3) is 0 Å². The SMILES string of the molecule is Cc1cc(N=C=O)c2oc(=O)[nH]c2c1. The van der Waals surface area contributed by atoms with Gasteiger partial charge in [-0.2, -0.15) is 4.99 Å². The average Bonchev–Trinajstić information content (AvgIpc) is 2.45. The van der Waals surface area contributed by atoms with Gasteiger partial charge in [0.2, 0.25) is 6.08 Å². The highest BCUT2D eigenvalue weighted by Gasteiger charge is 2.07. The van der Waals surface area contributed by atoms with E-state index in [2.05, 4.69) is 9.98 Å². The van der Waals surface area contributed by atoms with E-state index in [1.165, 1.54) is 6.08 Å². The number of H-pyrrole nitrogens is 1. The Bertz CT molecular complexity index is 588. The van der Waals surface area contributed by atoms with Crippen molar-refractivity contribution in [3.63, 3.8) is 0 Å². The summed E-state index contributed by atoms with van der Waals surface area (Å²) < 4.78 is 4.82. The molecule has 0 spiro atoms. The largest absolute Gasteiger partial charge is 0.417 e. The van der Waals surface area contributed by atoms with Crippen LogP contribution >= 0.6 is 0 Å². The lowest BCUT2D eigenvalue weighted by Crippen LogP contribution is -1.92. The van der Waals surface area contributed by atoms with Gasteiger partial charge in [-0.3, -0.25) is 4.98 Å². The molecule has 0 atom stereocenters. The fourth-order valence-corrected chi connectivity index (χ4v) is 1.31. The molecule has 1 aromatic carbocycles. The summed E-state index contributed by atoms with van der Waals surface area (Å²) in [6.07, 6.45) is 1.41. The maximum atomic E-state index is 10.9. The number of nitrogens with zero attached hydrogens (tertiary/aromatic N) is 1. The monoisotopic (exact) mass is 190 g/mol. The van der Waals surface area contributed by atoms with Crippen molar-refractivity contribution in [3.05, 3.63) is 28.2 Å². The second-order valence-corrected chi connectivity index (χ2v) is 2.88. The first kappa shape index (κ1) is 8.47. The molecule has 0 fully saturated rings. The molecule has 0 saturated heterocycles. The Morgan fingerprint density at radius 2 is 2.29 bits per heavy atom. The van der Waals surface area contributed by atoms with Crippen LogP contribution in [-0.2, 0) is 4.79 Å². The lowest BCUT2D eigenvalue weighted by Gasteiger charge is -1.94. The lowest BCUT2D eigenvalue weighted by atomic mass is 10.2. The van der Waals surface area contributed by atoms with Crippen LogP contribution < -0.4 is 5.76 Å². The number of aromatic amines is 1. The molecule has 5 nitrogen and oxygen atoms in total. The first-order valence-electron chi connectivity index (χ1n) is 3.92. The van der Waals surface area contributed by atoms with Gasteiger partial charge in [-0.1, -0.05) is 0 Å². The van der Waals surface area contributed by atoms with E-state index in [0.29, 0.717) is 11.2 Å². The Kier molecular flexibility index (Phi) is 1.80. The zero-order valence-electron chi connectivity index (χ0n) is 7.33. The molecule has 1 N–H and O–H groups in total. The molecule has 1 aromatic heterocycles. The minimum Gasteiger partial charge on any atom is -0.405 e. The standard InChI is InChI=1S/C9H6N2O3/c1-5-2-6(10-4-12)8-7(3-5)11-9(13)14-8/h2-3H,1H3,(H,11,13). The summed E-state index contributed by atoms with van der Waals surface area (Å²) in [6.45, 7) is 1.83. The molecule has 2 aromatic rings. The van der Waals surface area contributed by atoms with Crippen molar-refractivity contribution in [2.24, 2.45) is 4.99 Å². The van der Waals surface area contributed by atoms with Gasteiger partial charge in [0.1, 0.15) is 5.69 Å². The van der Waals surface area contributed by atoms with Crippen LogP contribution in [0.1, 0.15) is 5.56 Å². The summed E-state index contributed by atoms with van der Waals surface area (Å²) >= 11 is 0. The number of benzene rings is 1. The number of aromatic nitrogens is 1. The number of nitrogens with one attached hydrogen (secondary N) is 1. The van der Waals surface area contributed by atoms with Crippen molar-refractivity contribution in [2.45, 2.75) is 6.92 Å². The van der Waals surface area contributed by atoms with Gasteiger partial charge >= 0.3 is 5.76 Å². The second kappa shape index (κ2) is 2.97. The smallest absolute Gasteiger partial charge is 0.405 e. The predicted octanol–water partition coefficient (Wildman–Crippen LogP) is 1.40. The summed E-state index contributed by atoms with van der Waals surface area (Å²) in [5.74, 6) is -0.562. The number of aliphatic imine (C=N–C) groups is 1. The third kappa shape index (κ3) is 1.26. The zero-order valence-corrected chi connectivity index (χ0v) is 7.33. The Balaban J connectivity index is 2.92. The van der Waals surface area contributed by atoms with Crippen molar-refractivity contribution in [2.75, 3.05) is 0 Å². The van der Waals surface area contributed by atoms with Crippen LogP contribution in [0.4, 0.5) is 5.69 Å². The van der Waals surface area contributed by atoms with Gasteiger partial charge in [-0.15, -0.1) is 0 Å². The highest BCUT2D eigenvalue weighted by Crippen LogP contribution is 2.25. The van der Waals surface area contributed by atoms with Crippen LogP contribution in [0.2, 0.25) is 0 Å². The molecule has 0 unspecified atom stereocenters. The fourth-order valence-electron chi connectivity index (χ4n) is 1.31. The van der Waals surface area contributed by atoms with Crippen molar-refractivity contribution in [1.82, 2.24) is 4.98 Å². The van der Waals surface area contributed by atoms with E-state index in [0.717, 1.165) is 5.56 Å². The number of oxazole rings is 1. The summed E-state index contributed by atoms with van der Waals surface area (Å²) in [7, 11) is 0. The zero-order chi connectivity index (χ0) is 10.1. The predicted molar refractivity (Wildman–Crippen MR) is 49.4 cm³/mol. The molecule has 1 heterocycles. The van der Waals surface area contributed by atoms with E-state index < -0.39 is 5.76 Å². The molecule has 2 rings (SSSR count). The molecule has 0 aliphatic rings. The van der Waals surface area contributed by atoms with Crippen LogP contribution in [0.5, 0.6) is 0 Å². The molecule has 14 heavy (non-hydrogen) atoms. The molecular weight excluding hydrogens is 184 g/mol. The van der Waals surface area contributed by atoms with Crippen LogP contribution in [0.3, 0.4) is 0 Å². The van der Waals surface area contributed by atoms with Crippen LogP contribution in [0.15, 0.2) is 26.3 Å². The minimum atomic E-state index is -0.562. The van der Waals surface area contributed by atoms with Crippen molar-refractivity contribution in [3.8, 4) is 0 Å². The number of carbonyl (C=O) groups excluding carboxylic acids is 1. The van der Waals surface area contributed by atoms with E-state index in [1.54, 1.807) is 12.1 Å². The highest BCUT2D eigenvalue weighted by atomic mass is 16.4. The number of rotatable bonds is 1. The number of fused-ring (bicyclic) bond motifs is 1. The maximum Gasteiger partial charge on any atom is 0.417 e. The highest BCUT2D eigenvalue weighted by molar-refractivity contribution is 5.85. The molecule has 5 heteroatoms. The van der Waals surface area contributed by atoms with Crippen LogP contribution in [0, 0.1) is 6.92 Å². The van der Waals surface area contributed by atoms with Crippen molar-refractivity contribution in [1.29, 1.82) is 0 Å². The number of isocyanates is 1. The number of hydrogen-bond donors (Lipinski definition) is 1. The van der Waals surface area contributed by atoms with Gasteiger partial charge in [0, 0.05) is 0 Å². The summed E-state index contributed by atoms with van der Waals surface area (Å²) in [6, 6.07) is 3.38. The van der Waals surface area contributed by atoms with Gasteiger partial charge in [0.15, 0.2) is 5.58 Å².